The average Bonchev–Trinajstić information content (AvgIpc) is 2.74. The van der Waals surface area contributed by atoms with E-state index in [-0.39, 0.29) is 5.69 Å². The first-order valence-electron chi connectivity index (χ1n) is 8.65. The van der Waals surface area contributed by atoms with E-state index < -0.39 is 23.5 Å². The van der Waals surface area contributed by atoms with Crippen LogP contribution in [-0.4, -0.2) is 22.5 Å². The normalized spacial score (nSPS) is 11.7. The summed E-state index contributed by atoms with van der Waals surface area (Å²) >= 11 is 0. The lowest BCUT2D eigenvalue weighted by molar-refractivity contribution is -0.138. The Hall–Kier alpha value is -3.56. The number of benzene rings is 1. The molecule has 162 valence electrons. The Kier molecular flexibility index (Phi) is 8.00. The first-order chi connectivity index (χ1) is 14.6. The molecule has 0 spiro atoms. The highest BCUT2D eigenvalue weighted by molar-refractivity contribution is 5.76. The van der Waals surface area contributed by atoms with E-state index in [2.05, 4.69) is 15.0 Å². The van der Waals surface area contributed by atoms with Gasteiger partial charge in [-0.25, -0.2) is 0 Å². The van der Waals surface area contributed by atoms with Crippen molar-refractivity contribution in [2.45, 2.75) is 18.9 Å². The van der Waals surface area contributed by atoms with Gasteiger partial charge in [0.05, 0.1) is 23.4 Å². The van der Waals surface area contributed by atoms with Crippen LogP contribution in [0.2, 0.25) is 0 Å². The molecule has 31 heavy (non-hydrogen) atoms. The third-order valence-electron chi connectivity index (χ3n) is 3.69. The summed E-state index contributed by atoms with van der Waals surface area (Å²) < 4.78 is 72.6. The molecule has 0 N–H and O–H groups in total. The molecule has 0 aliphatic carbocycles. The van der Waals surface area contributed by atoms with Gasteiger partial charge in [-0.05, 0) is 29.8 Å². The van der Waals surface area contributed by atoms with Crippen LogP contribution in [0, 0.1) is 0 Å². The van der Waals surface area contributed by atoms with Crippen LogP contribution in [0.25, 0.3) is 0 Å². The molecule has 0 aliphatic heterocycles. The molecular formula is C21H15F6N3O. The standard InChI is InChI=1S/C14H11F3N2.C7H4F3NO/c15-14(16,17)12-6-7-13(19-9-12)10-18-8-11-4-2-1-3-5-11;8-7(9,10)5-1-2-6(4-12)11-3-5/h1-7,9-10H,8H2;1-4H/b18-10+;. The molecule has 0 saturated carbocycles. The highest BCUT2D eigenvalue weighted by Crippen LogP contribution is 2.28. The third-order valence-corrected chi connectivity index (χ3v) is 3.69. The maximum Gasteiger partial charge on any atom is 0.417 e. The lowest BCUT2D eigenvalue weighted by Crippen LogP contribution is -2.05. The zero-order chi connectivity index (χ0) is 22.9. The number of rotatable bonds is 4. The topological polar surface area (TPSA) is 55.2 Å². The van der Waals surface area contributed by atoms with Crippen molar-refractivity contribution >= 4 is 12.5 Å². The number of carbonyl (C=O) groups is 1. The quantitative estimate of drug-likeness (QED) is 0.301. The minimum Gasteiger partial charge on any atom is -0.296 e. The second-order valence-electron chi connectivity index (χ2n) is 6.01. The fourth-order valence-electron chi connectivity index (χ4n) is 2.12. The Morgan fingerprint density at radius 2 is 1.26 bits per heavy atom. The van der Waals surface area contributed by atoms with Crippen molar-refractivity contribution in [1.29, 1.82) is 0 Å². The summed E-state index contributed by atoms with van der Waals surface area (Å²) in [6.45, 7) is 0.476. The molecule has 2 aromatic heterocycles. The number of hydrogen-bond acceptors (Lipinski definition) is 4. The number of hydrogen-bond donors (Lipinski definition) is 0. The predicted octanol–water partition coefficient (Wildman–Crippen LogP) is 5.63. The van der Waals surface area contributed by atoms with Crippen molar-refractivity contribution < 1.29 is 31.1 Å². The summed E-state index contributed by atoms with van der Waals surface area (Å²) in [5.74, 6) is 0. The summed E-state index contributed by atoms with van der Waals surface area (Å²) in [6.07, 6.45) is -5.46. The summed E-state index contributed by atoms with van der Waals surface area (Å²) in [5, 5.41) is 0. The smallest absolute Gasteiger partial charge is 0.296 e. The van der Waals surface area contributed by atoms with Gasteiger partial charge in [-0.1, -0.05) is 30.3 Å². The van der Waals surface area contributed by atoms with Crippen molar-refractivity contribution in [3.8, 4) is 0 Å². The van der Waals surface area contributed by atoms with Gasteiger partial charge in [-0.2, -0.15) is 26.3 Å². The highest BCUT2D eigenvalue weighted by Gasteiger charge is 2.31. The fraction of sp³-hybridized carbons (Fsp3) is 0.143. The van der Waals surface area contributed by atoms with Crippen LogP contribution in [0.1, 0.15) is 32.9 Å². The van der Waals surface area contributed by atoms with E-state index in [9.17, 15) is 31.1 Å². The van der Waals surface area contributed by atoms with E-state index in [1.165, 1.54) is 12.3 Å². The molecule has 10 heteroatoms. The molecule has 2 heterocycles. The van der Waals surface area contributed by atoms with Gasteiger partial charge in [0.2, 0.25) is 0 Å². The summed E-state index contributed by atoms with van der Waals surface area (Å²) in [5.41, 5.74) is -0.182. The Balaban J connectivity index is 0.000000245. The van der Waals surface area contributed by atoms with Crippen molar-refractivity contribution in [2.75, 3.05) is 0 Å². The first kappa shape index (κ1) is 23.7. The minimum atomic E-state index is -4.39. The lowest BCUT2D eigenvalue weighted by atomic mass is 10.2. The van der Waals surface area contributed by atoms with E-state index in [1.54, 1.807) is 0 Å². The predicted molar refractivity (Wildman–Crippen MR) is 102 cm³/mol. The first-order valence-corrected chi connectivity index (χ1v) is 8.65. The molecule has 1 aromatic carbocycles. The third kappa shape index (κ3) is 8.00. The van der Waals surface area contributed by atoms with Crippen LogP contribution < -0.4 is 0 Å². The van der Waals surface area contributed by atoms with Gasteiger partial charge >= 0.3 is 12.4 Å². The van der Waals surface area contributed by atoms with Gasteiger partial charge in [0.1, 0.15) is 5.69 Å². The van der Waals surface area contributed by atoms with Crippen LogP contribution >= 0.6 is 0 Å². The number of halogens is 6. The maximum absolute atomic E-state index is 12.3. The number of aromatic nitrogens is 2. The largest absolute Gasteiger partial charge is 0.417 e. The van der Waals surface area contributed by atoms with Gasteiger partial charge in [0, 0.05) is 18.6 Å². The summed E-state index contributed by atoms with van der Waals surface area (Å²) in [4.78, 5) is 21.1. The van der Waals surface area contributed by atoms with Crippen LogP contribution in [0.4, 0.5) is 26.3 Å². The van der Waals surface area contributed by atoms with Crippen molar-refractivity contribution in [1.82, 2.24) is 9.97 Å². The molecule has 0 atom stereocenters. The van der Waals surface area contributed by atoms with Crippen LogP contribution in [-0.2, 0) is 18.9 Å². The second kappa shape index (κ2) is 10.5. The van der Waals surface area contributed by atoms with Crippen LogP contribution in [0.15, 0.2) is 72.0 Å². The Morgan fingerprint density at radius 1 is 0.742 bits per heavy atom. The summed E-state index contributed by atoms with van der Waals surface area (Å²) in [7, 11) is 0. The lowest BCUT2D eigenvalue weighted by Gasteiger charge is -2.04. The Bertz CT molecular complexity index is 983. The highest BCUT2D eigenvalue weighted by atomic mass is 19.4. The Labute approximate surface area is 173 Å². The van der Waals surface area contributed by atoms with Crippen molar-refractivity contribution in [3.63, 3.8) is 0 Å². The molecule has 0 bridgehead atoms. The van der Waals surface area contributed by atoms with Gasteiger partial charge < -0.3 is 0 Å². The van der Waals surface area contributed by atoms with Crippen LogP contribution in [0.3, 0.4) is 0 Å². The molecule has 4 nitrogen and oxygen atoms in total. The molecule has 3 aromatic rings. The second-order valence-corrected chi connectivity index (χ2v) is 6.01. The number of alkyl halides is 6. The number of nitrogens with zero attached hydrogens (tertiary/aromatic N) is 3. The van der Waals surface area contributed by atoms with Gasteiger partial charge in [-0.15, -0.1) is 0 Å². The zero-order valence-electron chi connectivity index (χ0n) is 15.7. The van der Waals surface area contributed by atoms with Crippen molar-refractivity contribution in [3.05, 3.63) is 95.1 Å². The van der Waals surface area contributed by atoms with E-state index >= 15 is 0 Å². The SMILES string of the molecule is FC(F)(F)c1ccc(/C=N/Cc2ccccc2)nc1.O=Cc1ccc(C(F)(F)F)cn1. The van der Waals surface area contributed by atoms with E-state index in [4.69, 9.17) is 0 Å². The van der Waals surface area contributed by atoms with E-state index in [0.29, 0.717) is 24.7 Å². The molecule has 0 aliphatic rings. The molecule has 0 fully saturated rings. The molecule has 0 unspecified atom stereocenters. The molecular weight excluding hydrogens is 424 g/mol. The summed E-state index contributed by atoms with van der Waals surface area (Å²) in [6, 6.07) is 13.7. The molecule has 0 saturated heterocycles. The zero-order valence-corrected chi connectivity index (χ0v) is 15.7. The molecule has 0 amide bonds. The molecule has 3 rings (SSSR count). The number of carbonyl (C=O) groups excluding carboxylic acids is 1. The number of aldehydes is 1. The van der Waals surface area contributed by atoms with Crippen LogP contribution in [0.5, 0.6) is 0 Å². The fourth-order valence-corrected chi connectivity index (χ4v) is 2.12. The number of aliphatic imine (C=N–C) groups is 1. The van der Waals surface area contributed by atoms with Crippen molar-refractivity contribution in [2.24, 2.45) is 4.99 Å². The number of pyridine rings is 2. The van der Waals surface area contributed by atoms with Gasteiger partial charge in [0.15, 0.2) is 6.29 Å². The van der Waals surface area contributed by atoms with E-state index in [0.717, 1.165) is 30.0 Å². The minimum absolute atomic E-state index is 0.0111. The Morgan fingerprint density at radius 3 is 1.68 bits per heavy atom. The average molecular weight is 439 g/mol. The van der Waals surface area contributed by atoms with Gasteiger partial charge in [0.25, 0.3) is 0 Å². The van der Waals surface area contributed by atoms with Gasteiger partial charge in [-0.3, -0.25) is 19.8 Å². The molecule has 0 radical (unpaired) electrons. The monoisotopic (exact) mass is 439 g/mol. The van der Waals surface area contributed by atoms with E-state index in [1.807, 2.05) is 30.3 Å². The maximum atomic E-state index is 12.3.